The van der Waals surface area contributed by atoms with Gasteiger partial charge in [0.05, 0.1) is 6.42 Å². The van der Waals surface area contributed by atoms with Crippen molar-refractivity contribution in [3.63, 3.8) is 0 Å². The molecule has 1 fully saturated rings. The van der Waals surface area contributed by atoms with Crippen molar-refractivity contribution >= 4 is 5.97 Å². The van der Waals surface area contributed by atoms with E-state index in [-0.39, 0.29) is 17.9 Å². The third-order valence-corrected chi connectivity index (χ3v) is 4.66. The molecule has 1 atom stereocenters. The summed E-state index contributed by atoms with van der Waals surface area (Å²) in [6.45, 7) is 2.13. The number of hydrogen-bond acceptors (Lipinski definition) is 2. The number of hydrogen-bond donors (Lipinski definition) is 2. The molecule has 1 saturated carbocycles. The van der Waals surface area contributed by atoms with Crippen LogP contribution in [0.3, 0.4) is 0 Å². The largest absolute Gasteiger partial charge is 0.481 e. The molecule has 0 heterocycles. The first-order chi connectivity index (χ1) is 9.54. The predicted octanol–water partition coefficient (Wildman–Crippen LogP) is 3.67. The summed E-state index contributed by atoms with van der Waals surface area (Å²) < 4.78 is 0. The molecule has 1 unspecified atom stereocenters. The number of carbonyl (C=O) groups is 1. The number of benzene rings is 1. The first kappa shape index (κ1) is 15.0. The van der Waals surface area contributed by atoms with Crippen LogP contribution in [-0.2, 0) is 11.2 Å². The molecule has 1 aliphatic rings. The second-order valence-corrected chi connectivity index (χ2v) is 6.18. The fourth-order valence-corrected chi connectivity index (χ4v) is 3.48. The minimum absolute atomic E-state index is 0.0571. The van der Waals surface area contributed by atoms with Crippen molar-refractivity contribution in [1.29, 1.82) is 0 Å². The number of rotatable bonds is 6. The third-order valence-electron chi connectivity index (χ3n) is 4.66. The summed E-state index contributed by atoms with van der Waals surface area (Å²) in [5.74, 6) is -0.694. The van der Waals surface area contributed by atoms with Crippen LogP contribution in [0.25, 0.3) is 0 Å². The average molecular weight is 275 g/mol. The summed E-state index contributed by atoms with van der Waals surface area (Å²) >= 11 is 0. The van der Waals surface area contributed by atoms with E-state index in [0.717, 1.165) is 44.1 Å². The van der Waals surface area contributed by atoms with Crippen LogP contribution in [0.15, 0.2) is 24.3 Å². The normalized spacial score (nSPS) is 18.9. The highest BCUT2D eigenvalue weighted by Crippen LogP contribution is 2.46. The molecular formula is C17H25NO2. The molecule has 1 aromatic rings. The molecule has 0 saturated heterocycles. The van der Waals surface area contributed by atoms with Crippen LogP contribution in [0.4, 0.5) is 0 Å². The van der Waals surface area contributed by atoms with Gasteiger partial charge in [-0.1, -0.05) is 44.0 Å². The van der Waals surface area contributed by atoms with E-state index in [4.69, 9.17) is 10.8 Å². The smallest absolute Gasteiger partial charge is 0.303 e. The molecule has 0 aromatic heterocycles. The molecule has 3 N–H and O–H groups in total. The van der Waals surface area contributed by atoms with E-state index in [1.54, 1.807) is 0 Å². The molecule has 3 heteroatoms. The van der Waals surface area contributed by atoms with Crippen LogP contribution in [0.2, 0.25) is 0 Å². The number of nitrogens with two attached hydrogens (primary N) is 1. The van der Waals surface area contributed by atoms with Crippen molar-refractivity contribution in [1.82, 2.24) is 0 Å². The second kappa shape index (κ2) is 6.40. The fraction of sp³-hybridized carbons (Fsp3) is 0.588. The molecule has 0 aliphatic heterocycles. The Hall–Kier alpha value is -1.35. The molecule has 1 aliphatic carbocycles. The van der Waals surface area contributed by atoms with Gasteiger partial charge in [-0.15, -0.1) is 0 Å². The molecule has 2 rings (SSSR count). The minimum Gasteiger partial charge on any atom is -0.481 e. The Kier molecular flexibility index (Phi) is 4.81. The monoisotopic (exact) mass is 275 g/mol. The zero-order valence-electron chi connectivity index (χ0n) is 12.3. The van der Waals surface area contributed by atoms with Gasteiger partial charge in [0.1, 0.15) is 0 Å². The summed E-state index contributed by atoms with van der Waals surface area (Å²) in [4.78, 5) is 11.1. The van der Waals surface area contributed by atoms with Gasteiger partial charge in [-0.3, -0.25) is 4.79 Å². The highest BCUT2D eigenvalue weighted by molar-refractivity contribution is 5.67. The Morgan fingerprint density at radius 1 is 1.30 bits per heavy atom. The Labute approximate surface area is 121 Å². The fourth-order valence-electron chi connectivity index (χ4n) is 3.48. The summed E-state index contributed by atoms with van der Waals surface area (Å²) in [5.41, 5.74) is 8.68. The van der Waals surface area contributed by atoms with E-state index in [2.05, 4.69) is 31.2 Å². The topological polar surface area (TPSA) is 63.3 Å². The van der Waals surface area contributed by atoms with E-state index < -0.39 is 5.97 Å². The maximum atomic E-state index is 11.1. The van der Waals surface area contributed by atoms with Crippen LogP contribution in [0.5, 0.6) is 0 Å². The van der Waals surface area contributed by atoms with Gasteiger partial charge in [-0.2, -0.15) is 0 Å². The van der Waals surface area contributed by atoms with E-state index >= 15 is 0 Å². The zero-order chi connectivity index (χ0) is 14.6. The maximum absolute atomic E-state index is 11.1. The molecule has 3 nitrogen and oxygen atoms in total. The van der Waals surface area contributed by atoms with Crippen LogP contribution < -0.4 is 5.73 Å². The first-order valence-electron chi connectivity index (χ1n) is 7.61. The van der Waals surface area contributed by atoms with Crippen molar-refractivity contribution in [3.05, 3.63) is 35.4 Å². The standard InChI is InChI=1S/C17H25NO2/c1-2-13-5-7-14(8-6-13)15(18)11-17(12-16(19)20)9-3-4-10-17/h5-8,15H,2-4,9-12,18H2,1H3,(H,19,20). The van der Waals surface area contributed by atoms with Gasteiger partial charge in [0.25, 0.3) is 0 Å². The molecule has 0 spiro atoms. The summed E-state index contributed by atoms with van der Waals surface area (Å²) in [6, 6.07) is 8.36. The first-order valence-corrected chi connectivity index (χ1v) is 7.61. The maximum Gasteiger partial charge on any atom is 0.303 e. The summed E-state index contributed by atoms with van der Waals surface area (Å²) in [5, 5.41) is 9.15. The lowest BCUT2D eigenvalue weighted by Crippen LogP contribution is -2.27. The van der Waals surface area contributed by atoms with Gasteiger partial charge in [-0.05, 0) is 42.2 Å². The Balaban J connectivity index is 2.07. The lowest BCUT2D eigenvalue weighted by atomic mass is 9.76. The minimum atomic E-state index is -0.694. The number of carboxylic acids is 1. The average Bonchev–Trinajstić information content (AvgIpc) is 2.86. The number of carboxylic acid groups (broad SMARTS) is 1. The highest BCUT2D eigenvalue weighted by Gasteiger charge is 2.37. The van der Waals surface area contributed by atoms with E-state index in [0.29, 0.717) is 0 Å². The lowest BCUT2D eigenvalue weighted by Gasteiger charge is -2.30. The van der Waals surface area contributed by atoms with Crippen molar-refractivity contribution < 1.29 is 9.90 Å². The van der Waals surface area contributed by atoms with Crippen molar-refractivity contribution in [2.45, 2.75) is 57.9 Å². The highest BCUT2D eigenvalue weighted by atomic mass is 16.4. The van der Waals surface area contributed by atoms with Gasteiger partial charge in [0.2, 0.25) is 0 Å². The molecule has 0 bridgehead atoms. The predicted molar refractivity (Wildman–Crippen MR) is 80.5 cm³/mol. The van der Waals surface area contributed by atoms with E-state index in [1.165, 1.54) is 5.56 Å². The lowest BCUT2D eigenvalue weighted by molar-refractivity contribution is -0.139. The van der Waals surface area contributed by atoms with Gasteiger partial charge in [-0.25, -0.2) is 0 Å². The molecule has 0 radical (unpaired) electrons. The molecule has 0 amide bonds. The second-order valence-electron chi connectivity index (χ2n) is 6.18. The van der Waals surface area contributed by atoms with Crippen LogP contribution >= 0.6 is 0 Å². The molecule has 110 valence electrons. The number of aryl methyl sites for hydroxylation is 1. The summed E-state index contributed by atoms with van der Waals surface area (Å²) in [6.07, 6.45) is 6.33. The number of aliphatic carboxylic acids is 1. The van der Waals surface area contributed by atoms with Gasteiger partial charge < -0.3 is 10.8 Å². The van der Waals surface area contributed by atoms with Gasteiger partial charge in [0, 0.05) is 6.04 Å². The SMILES string of the molecule is CCc1ccc(C(N)CC2(CC(=O)O)CCCC2)cc1. The van der Waals surface area contributed by atoms with Crippen LogP contribution in [-0.4, -0.2) is 11.1 Å². The Bertz CT molecular complexity index is 447. The van der Waals surface area contributed by atoms with E-state index in [1.807, 2.05) is 0 Å². The Morgan fingerprint density at radius 2 is 1.90 bits per heavy atom. The molecule has 1 aromatic carbocycles. The quantitative estimate of drug-likeness (QED) is 0.832. The zero-order valence-corrected chi connectivity index (χ0v) is 12.3. The van der Waals surface area contributed by atoms with Gasteiger partial charge >= 0.3 is 5.97 Å². The van der Waals surface area contributed by atoms with Crippen LogP contribution in [0, 0.1) is 5.41 Å². The summed E-state index contributed by atoms with van der Waals surface area (Å²) in [7, 11) is 0. The van der Waals surface area contributed by atoms with Crippen molar-refractivity contribution in [2.75, 3.05) is 0 Å². The van der Waals surface area contributed by atoms with Crippen LogP contribution in [0.1, 0.15) is 62.6 Å². The van der Waals surface area contributed by atoms with E-state index in [9.17, 15) is 4.79 Å². The van der Waals surface area contributed by atoms with Crippen molar-refractivity contribution in [2.24, 2.45) is 11.1 Å². The molecule has 20 heavy (non-hydrogen) atoms. The van der Waals surface area contributed by atoms with Crippen molar-refractivity contribution in [3.8, 4) is 0 Å². The Morgan fingerprint density at radius 3 is 2.40 bits per heavy atom. The third kappa shape index (κ3) is 3.60. The van der Waals surface area contributed by atoms with Gasteiger partial charge in [0.15, 0.2) is 0 Å². The molecular weight excluding hydrogens is 250 g/mol.